The monoisotopic (exact) mass is 262 g/mol. The van der Waals surface area contributed by atoms with E-state index in [1.165, 1.54) is 0 Å². The number of rotatable bonds is 6. The Morgan fingerprint density at radius 2 is 1.95 bits per heavy atom. The molecule has 0 bridgehead atoms. The number of benzene rings is 1. The molecule has 19 heavy (non-hydrogen) atoms. The molecule has 1 amide bonds. The lowest BCUT2D eigenvalue weighted by Gasteiger charge is -2.39. The van der Waals surface area contributed by atoms with E-state index < -0.39 is 0 Å². The Bertz CT molecular complexity index is 424. The Balaban J connectivity index is 1.88. The van der Waals surface area contributed by atoms with E-state index in [-0.39, 0.29) is 11.3 Å². The maximum Gasteiger partial charge on any atom is 0.228 e. The zero-order valence-corrected chi connectivity index (χ0v) is 11.4. The van der Waals surface area contributed by atoms with Crippen LogP contribution in [0.2, 0.25) is 0 Å². The van der Waals surface area contributed by atoms with Gasteiger partial charge in [0.2, 0.25) is 5.91 Å². The van der Waals surface area contributed by atoms with Crippen LogP contribution in [0.5, 0.6) is 0 Å². The van der Waals surface area contributed by atoms with Crippen LogP contribution in [0.15, 0.2) is 24.3 Å². The minimum atomic E-state index is -0.286. The molecule has 0 spiro atoms. The van der Waals surface area contributed by atoms with Gasteiger partial charge in [-0.15, -0.1) is 0 Å². The number of carbonyl (C=O) groups is 1. The highest BCUT2D eigenvalue weighted by atomic mass is 16.5. The van der Waals surface area contributed by atoms with Crippen LogP contribution in [0, 0.1) is 5.41 Å². The van der Waals surface area contributed by atoms with Crippen molar-refractivity contribution in [1.82, 2.24) is 5.32 Å². The summed E-state index contributed by atoms with van der Waals surface area (Å²) in [7, 11) is 1.65. The lowest BCUT2D eigenvalue weighted by Crippen LogP contribution is -2.48. The molecular weight excluding hydrogens is 240 g/mol. The second kappa shape index (κ2) is 6.17. The van der Waals surface area contributed by atoms with Gasteiger partial charge in [-0.05, 0) is 24.0 Å². The van der Waals surface area contributed by atoms with Gasteiger partial charge in [0.25, 0.3) is 0 Å². The summed E-state index contributed by atoms with van der Waals surface area (Å²) in [5.74, 6) is 0.114. The van der Waals surface area contributed by atoms with Gasteiger partial charge in [0.1, 0.15) is 0 Å². The quantitative estimate of drug-likeness (QED) is 0.818. The molecule has 1 aliphatic carbocycles. The molecule has 1 aromatic carbocycles. The Kier molecular flexibility index (Phi) is 4.56. The van der Waals surface area contributed by atoms with E-state index >= 15 is 0 Å². The fourth-order valence-corrected chi connectivity index (χ4v) is 2.48. The van der Waals surface area contributed by atoms with Gasteiger partial charge in [0.15, 0.2) is 0 Å². The Morgan fingerprint density at radius 1 is 1.32 bits per heavy atom. The average Bonchev–Trinajstić information content (AvgIpc) is 2.40. The molecule has 0 saturated heterocycles. The van der Waals surface area contributed by atoms with E-state index in [9.17, 15) is 4.79 Å². The van der Waals surface area contributed by atoms with Gasteiger partial charge in [-0.25, -0.2) is 0 Å². The summed E-state index contributed by atoms with van der Waals surface area (Å²) in [6.07, 6.45) is 2.97. The number of nitrogens with two attached hydrogens (primary N) is 1. The number of nitrogens with one attached hydrogen (secondary N) is 1. The van der Waals surface area contributed by atoms with Gasteiger partial charge in [0, 0.05) is 20.2 Å². The van der Waals surface area contributed by atoms with E-state index in [2.05, 4.69) is 5.32 Å². The molecule has 0 aromatic heterocycles. The van der Waals surface area contributed by atoms with Crippen molar-refractivity contribution >= 4 is 5.91 Å². The first-order chi connectivity index (χ1) is 9.20. The van der Waals surface area contributed by atoms with Gasteiger partial charge in [0.05, 0.1) is 12.0 Å². The van der Waals surface area contributed by atoms with Gasteiger partial charge in [-0.1, -0.05) is 30.7 Å². The number of amides is 1. The van der Waals surface area contributed by atoms with Gasteiger partial charge in [-0.3, -0.25) is 4.79 Å². The van der Waals surface area contributed by atoms with Gasteiger partial charge in [-0.2, -0.15) is 0 Å². The maximum atomic E-state index is 12.2. The molecule has 1 aromatic rings. The summed E-state index contributed by atoms with van der Waals surface area (Å²) in [4.78, 5) is 12.2. The van der Waals surface area contributed by atoms with Crippen LogP contribution in [0.3, 0.4) is 0 Å². The standard InChI is InChI=1S/C15H22N2O2/c1-19-11-15(7-2-8-15)14(18)17-10-13-5-3-12(9-16)4-6-13/h3-6H,2,7-11,16H2,1H3,(H,17,18). The van der Waals surface area contributed by atoms with Gasteiger partial charge < -0.3 is 15.8 Å². The molecule has 0 radical (unpaired) electrons. The highest BCUT2D eigenvalue weighted by molar-refractivity contribution is 5.83. The zero-order chi connectivity index (χ0) is 13.7. The normalized spacial score (nSPS) is 16.7. The van der Waals surface area contributed by atoms with Crippen molar-refractivity contribution in [1.29, 1.82) is 0 Å². The predicted octanol–water partition coefficient (Wildman–Crippen LogP) is 1.58. The van der Waals surface area contributed by atoms with E-state index in [1.807, 2.05) is 24.3 Å². The van der Waals surface area contributed by atoms with Crippen molar-refractivity contribution in [2.24, 2.45) is 11.1 Å². The molecule has 2 rings (SSSR count). The number of methoxy groups -OCH3 is 1. The molecule has 4 nitrogen and oxygen atoms in total. The summed E-state index contributed by atoms with van der Waals surface area (Å²) in [5, 5.41) is 3.01. The number of hydrogen-bond donors (Lipinski definition) is 2. The Hall–Kier alpha value is -1.39. The SMILES string of the molecule is COCC1(C(=O)NCc2ccc(CN)cc2)CCC1. The molecule has 1 fully saturated rings. The van der Waals surface area contributed by atoms with Crippen LogP contribution in [0.4, 0.5) is 0 Å². The van der Waals surface area contributed by atoms with Crippen LogP contribution in [-0.2, 0) is 22.6 Å². The second-order valence-electron chi connectivity index (χ2n) is 5.27. The van der Waals surface area contributed by atoms with Crippen LogP contribution in [-0.4, -0.2) is 19.6 Å². The summed E-state index contributed by atoms with van der Waals surface area (Å²) in [6.45, 7) is 1.63. The van der Waals surface area contributed by atoms with Crippen molar-refractivity contribution in [2.45, 2.75) is 32.4 Å². The largest absolute Gasteiger partial charge is 0.384 e. The van der Waals surface area contributed by atoms with Crippen molar-refractivity contribution in [3.05, 3.63) is 35.4 Å². The molecule has 0 atom stereocenters. The summed E-state index contributed by atoms with van der Waals surface area (Å²) in [5.41, 5.74) is 7.47. The third-order valence-corrected chi connectivity index (χ3v) is 3.92. The third kappa shape index (κ3) is 3.14. The molecule has 104 valence electrons. The molecule has 0 aliphatic heterocycles. The second-order valence-corrected chi connectivity index (χ2v) is 5.27. The van der Waals surface area contributed by atoms with Gasteiger partial charge >= 0.3 is 0 Å². The van der Waals surface area contributed by atoms with E-state index in [0.29, 0.717) is 19.7 Å². The maximum absolute atomic E-state index is 12.2. The number of carbonyl (C=O) groups excluding carboxylic acids is 1. The van der Waals surface area contributed by atoms with E-state index in [1.54, 1.807) is 7.11 Å². The summed E-state index contributed by atoms with van der Waals surface area (Å²) >= 11 is 0. The van der Waals surface area contributed by atoms with Crippen molar-refractivity contribution in [3.63, 3.8) is 0 Å². The first-order valence-corrected chi connectivity index (χ1v) is 6.75. The first-order valence-electron chi connectivity index (χ1n) is 6.75. The van der Waals surface area contributed by atoms with Crippen LogP contribution in [0.25, 0.3) is 0 Å². The third-order valence-electron chi connectivity index (χ3n) is 3.92. The summed E-state index contributed by atoms with van der Waals surface area (Å²) in [6, 6.07) is 8.00. The molecular formula is C15H22N2O2. The van der Waals surface area contributed by atoms with Crippen LogP contribution >= 0.6 is 0 Å². The predicted molar refractivity (Wildman–Crippen MR) is 74.3 cm³/mol. The topological polar surface area (TPSA) is 64.3 Å². The molecule has 4 heteroatoms. The fraction of sp³-hybridized carbons (Fsp3) is 0.533. The Labute approximate surface area is 114 Å². The zero-order valence-electron chi connectivity index (χ0n) is 11.4. The number of hydrogen-bond acceptors (Lipinski definition) is 3. The van der Waals surface area contributed by atoms with Crippen molar-refractivity contribution in [2.75, 3.05) is 13.7 Å². The molecule has 1 aliphatic rings. The van der Waals surface area contributed by atoms with Crippen LogP contribution < -0.4 is 11.1 Å². The van der Waals surface area contributed by atoms with Crippen molar-refractivity contribution in [3.8, 4) is 0 Å². The molecule has 1 saturated carbocycles. The minimum Gasteiger partial charge on any atom is -0.384 e. The summed E-state index contributed by atoms with van der Waals surface area (Å²) < 4.78 is 5.18. The lowest BCUT2D eigenvalue weighted by atomic mass is 9.68. The molecule has 0 unspecified atom stereocenters. The highest BCUT2D eigenvalue weighted by Crippen LogP contribution is 2.41. The van der Waals surface area contributed by atoms with E-state index in [4.69, 9.17) is 10.5 Å². The molecule has 0 heterocycles. The van der Waals surface area contributed by atoms with Crippen molar-refractivity contribution < 1.29 is 9.53 Å². The fourth-order valence-electron chi connectivity index (χ4n) is 2.48. The average molecular weight is 262 g/mol. The highest BCUT2D eigenvalue weighted by Gasteiger charge is 2.43. The molecule has 3 N–H and O–H groups in total. The van der Waals surface area contributed by atoms with Crippen LogP contribution in [0.1, 0.15) is 30.4 Å². The first kappa shape index (κ1) is 14.0. The smallest absolute Gasteiger partial charge is 0.228 e. The lowest BCUT2D eigenvalue weighted by molar-refractivity contribution is -0.140. The Morgan fingerprint density at radius 3 is 2.42 bits per heavy atom. The number of ether oxygens (including phenoxy) is 1. The van der Waals surface area contributed by atoms with E-state index in [0.717, 1.165) is 30.4 Å². The minimum absolute atomic E-state index is 0.114.